The van der Waals surface area contributed by atoms with Crippen molar-refractivity contribution in [1.29, 1.82) is 0 Å². The van der Waals surface area contributed by atoms with Crippen LogP contribution in [0.4, 0.5) is 0 Å². The van der Waals surface area contributed by atoms with Crippen LogP contribution in [0, 0.1) is 0 Å². The maximum atomic E-state index is 2.59. The van der Waals surface area contributed by atoms with Gasteiger partial charge in [0.05, 0.1) is 16.1 Å². The van der Waals surface area contributed by atoms with Crippen molar-refractivity contribution in [1.82, 2.24) is 0 Å². The minimum absolute atomic E-state index is 0.932. The molecule has 0 aromatic carbocycles. The SMILES string of the molecule is C[Si](C)(C)C1=CCCC[Si]1(C)C. The van der Waals surface area contributed by atoms with Gasteiger partial charge in [-0.3, -0.25) is 0 Å². The minimum atomic E-state index is -0.969. The molecule has 0 atom stereocenters. The predicted octanol–water partition coefficient (Wildman–Crippen LogP) is 3.83. The molecular weight excluding hydrogens is 176 g/mol. The van der Waals surface area contributed by atoms with E-state index < -0.39 is 16.1 Å². The lowest BCUT2D eigenvalue weighted by Gasteiger charge is -2.37. The first-order chi connectivity index (χ1) is 5.34. The molecule has 0 saturated heterocycles. The third kappa shape index (κ3) is 2.10. The quantitative estimate of drug-likeness (QED) is 0.562. The van der Waals surface area contributed by atoms with Crippen LogP contribution >= 0.6 is 0 Å². The molecule has 1 aliphatic rings. The Morgan fingerprint density at radius 3 is 2.17 bits per heavy atom. The average Bonchev–Trinajstić information content (AvgIpc) is 1.83. The third-order valence-electron chi connectivity index (χ3n) is 2.89. The summed E-state index contributed by atoms with van der Waals surface area (Å²) in [5.74, 6) is 0. The normalized spacial score (nSPS) is 23.6. The topological polar surface area (TPSA) is 0 Å². The van der Waals surface area contributed by atoms with E-state index in [2.05, 4.69) is 38.8 Å². The monoisotopic (exact) mass is 198 g/mol. The predicted molar refractivity (Wildman–Crippen MR) is 63.0 cm³/mol. The lowest BCUT2D eigenvalue weighted by Crippen LogP contribution is -2.43. The molecule has 0 unspecified atom stereocenters. The number of allylic oxidation sites excluding steroid dienone is 1. The molecule has 0 spiro atoms. The lowest BCUT2D eigenvalue weighted by molar-refractivity contribution is 0.915. The molecule has 1 rings (SSSR count). The molecule has 0 aromatic heterocycles. The molecule has 70 valence electrons. The van der Waals surface area contributed by atoms with Crippen molar-refractivity contribution >= 4 is 16.1 Å². The number of hydrogen-bond acceptors (Lipinski definition) is 0. The van der Waals surface area contributed by atoms with E-state index in [0.29, 0.717) is 0 Å². The molecule has 0 amide bonds. The first-order valence-electron chi connectivity index (χ1n) is 5.05. The molecule has 0 saturated carbocycles. The van der Waals surface area contributed by atoms with Crippen LogP contribution in [0.3, 0.4) is 0 Å². The molecule has 0 N–H and O–H groups in total. The molecule has 1 heterocycles. The van der Waals surface area contributed by atoms with Gasteiger partial charge < -0.3 is 0 Å². The smallest absolute Gasteiger partial charge is 0.0708 e. The van der Waals surface area contributed by atoms with Crippen LogP contribution in [0.25, 0.3) is 0 Å². The standard InChI is InChI=1S/C10H22Si2/c1-11(2,3)10-8-6-7-9-12(10,4)5/h8H,6-7,9H2,1-5H3. The van der Waals surface area contributed by atoms with E-state index in [1.165, 1.54) is 18.9 Å². The summed E-state index contributed by atoms with van der Waals surface area (Å²) in [4.78, 5) is 1.93. The molecule has 0 aliphatic carbocycles. The van der Waals surface area contributed by atoms with E-state index >= 15 is 0 Å². The maximum absolute atomic E-state index is 2.59. The highest BCUT2D eigenvalue weighted by molar-refractivity contribution is 7.05. The fourth-order valence-electron chi connectivity index (χ4n) is 2.52. The highest BCUT2D eigenvalue weighted by Crippen LogP contribution is 2.33. The summed E-state index contributed by atoms with van der Waals surface area (Å²) in [6, 6.07) is 1.53. The summed E-state index contributed by atoms with van der Waals surface area (Å²) in [6.07, 6.45) is 5.39. The highest BCUT2D eigenvalue weighted by Gasteiger charge is 2.35. The Hall–Kier alpha value is 0.174. The van der Waals surface area contributed by atoms with Crippen molar-refractivity contribution in [2.45, 2.75) is 51.6 Å². The lowest BCUT2D eigenvalue weighted by atomic mass is 10.3. The van der Waals surface area contributed by atoms with E-state index in [4.69, 9.17) is 0 Å². The molecular formula is C10H22Si2. The Bertz CT molecular complexity index is 196. The van der Waals surface area contributed by atoms with Gasteiger partial charge in [0.2, 0.25) is 0 Å². The van der Waals surface area contributed by atoms with Gasteiger partial charge in [-0.1, -0.05) is 56.1 Å². The van der Waals surface area contributed by atoms with Gasteiger partial charge in [0, 0.05) is 0 Å². The minimum Gasteiger partial charge on any atom is -0.0947 e. The second-order valence-electron chi connectivity index (χ2n) is 5.64. The zero-order valence-electron chi connectivity index (χ0n) is 9.20. The molecule has 2 heteroatoms. The third-order valence-corrected chi connectivity index (χ3v) is 12.3. The fourth-order valence-corrected chi connectivity index (χ4v) is 13.8. The van der Waals surface area contributed by atoms with Crippen LogP contribution in [-0.4, -0.2) is 16.1 Å². The summed E-state index contributed by atoms with van der Waals surface area (Å²) in [5.41, 5.74) is 0. The molecule has 0 bridgehead atoms. The number of rotatable bonds is 1. The second-order valence-corrected chi connectivity index (χ2v) is 16.0. The van der Waals surface area contributed by atoms with Crippen molar-refractivity contribution < 1.29 is 0 Å². The van der Waals surface area contributed by atoms with E-state index in [1.807, 2.05) is 4.82 Å². The van der Waals surface area contributed by atoms with Crippen molar-refractivity contribution in [3.8, 4) is 0 Å². The molecule has 0 aromatic rings. The summed E-state index contributed by atoms with van der Waals surface area (Å²) >= 11 is 0. The summed E-state index contributed by atoms with van der Waals surface area (Å²) < 4.78 is 0. The van der Waals surface area contributed by atoms with Crippen molar-refractivity contribution in [3.63, 3.8) is 0 Å². The maximum Gasteiger partial charge on any atom is 0.0708 e. The zero-order valence-corrected chi connectivity index (χ0v) is 11.2. The molecule has 0 radical (unpaired) electrons. The Kier molecular flexibility index (Phi) is 2.69. The van der Waals surface area contributed by atoms with Gasteiger partial charge >= 0.3 is 0 Å². The van der Waals surface area contributed by atoms with E-state index in [9.17, 15) is 0 Å². The van der Waals surface area contributed by atoms with Crippen molar-refractivity contribution in [3.05, 3.63) is 10.9 Å². The Morgan fingerprint density at radius 2 is 1.83 bits per heavy atom. The summed E-state index contributed by atoms with van der Waals surface area (Å²) in [6.45, 7) is 12.6. The number of hydrogen-bond donors (Lipinski definition) is 0. The van der Waals surface area contributed by atoms with Crippen LogP contribution in [0.2, 0.25) is 38.8 Å². The molecule has 12 heavy (non-hydrogen) atoms. The van der Waals surface area contributed by atoms with Gasteiger partial charge in [0.25, 0.3) is 0 Å². The van der Waals surface area contributed by atoms with Gasteiger partial charge in [-0.25, -0.2) is 0 Å². The van der Waals surface area contributed by atoms with E-state index in [-0.39, 0.29) is 0 Å². The molecule has 1 aliphatic heterocycles. The van der Waals surface area contributed by atoms with Gasteiger partial charge in [0.1, 0.15) is 0 Å². The van der Waals surface area contributed by atoms with E-state index in [1.54, 1.807) is 0 Å². The van der Waals surface area contributed by atoms with Gasteiger partial charge in [0.15, 0.2) is 0 Å². The zero-order chi connectivity index (χ0) is 9.41. The van der Waals surface area contributed by atoms with Crippen LogP contribution in [0.1, 0.15) is 12.8 Å². The van der Waals surface area contributed by atoms with Crippen LogP contribution in [0.15, 0.2) is 10.9 Å². The largest absolute Gasteiger partial charge is 0.0947 e. The van der Waals surface area contributed by atoms with Gasteiger partial charge in [-0.05, 0) is 6.42 Å². The van der Waals surface area contributed by atoms with Gasteiger partial charge in [-0.15, -0.1) is 0 Å². The van der Waals surface area contributed by atoms with Crippen LogP contribution in [-0.2, 0) is 0 Å². The van der Waals surface area contributed by atoms with E-state index in [0.717, 1.165) is 0 Å². The highest BCUT2D eigenvalue weighted by atomic mass is 28.4. The average molecular weight is 198 g/mol. The summed E-state index contributed by atoms with van der Waals surface area (Å²) in [7, 11) is -1.90. The van der Waals surface area contributed by atoms with Gasteiger partial charge in [-0.2, -0.15) is 0 Å². The van der Waals surface area contributed by atoms with Crippen LogP contribution in [0.5, 0.6) is 0 Å². The summed E-state index contributed by atoms with van der Waals surface area (Å²) in [5, 5.41) is 0. The Labute approximate surface area is 79.1 Å². The first kappa shape index (κ1) is 10.3. The molecule has 0 nitrogen and oxygen atoms in total. The Balaban J connectivity index is 2.94. The van der Waals surface area contributed by atoms with Crippen molar-refractivity contribution in [2.24, 2.45) is 0 Å². The second kappa shape index (κ2) is 3.15. The van der Waals surface area contributed by atoms with Crippen LogP contribution < -0.4 is 0 Å². The molecule has 0 fully saturated rings. The first-order valence-corrected chi connectivity index (χ1v) is 11.8. The van der Waals surface area contributed by atoms with Crippen molar-refractivity contribution in [2.75, 3.05) is 0 Å². The fraction of sp³-hybridized carbons (Fsp3) is 0.800. The Morgan fingerprint density at radius 1 is 1.25 bits per heavy atom.